The van der Waals surface area contributed by atoms with Crippen LogP contribution in [0.15, 0.2) is 24.3 Å². The van der Waals surface area contributed by atoms with Crippen LogP contribution in [0.2, 0.25) is 0 Å². The highest BCUT2D eigenvalue weighted by Gasteiger charge is 2.30. The van der Waals surface area contributed by atoms with Crippen LogP contribution in [-0.2, 0) is 17.4 Å². The van der Waals surface area contributed by atoms with Crippen molar-refractivity contribution in [2.45, 2.75) is 18.6 Å². The molecule has 1 fully saturated rings. The van der Waals surface area contributed by atoms with Crippen LogP contribution in [0.4, 0.5) is 13.2 Å². The predicted molar refractivity (Wildman–Crippen MR) is 72.6 cm³/mol. The van der Waals surface area contributed by atoms with Crippen LogP contribution in [0, 0.1) is 0 Å². The molecule has 1 aromatic carbocycles. The number of carbonyl (C=O) groups is 1. The van der Waals surface area contributed by atoms with Crippen molar-refractivity contribution in [3.05, 3.63) is 35.4 Å². The number of nitrogens with two attached hydrogens (primary N) is 1. The number of amides is 1. The van der Waals surface area contributed by atoms with E-state index in [4.69, 9.17) is 5.73 Å². The Morgan fingerprint density at radius 3 is 2.57 bits per heavy atom. The number of hydrogen-bond donors (Lipinski definition) is 2. The summed E-state index contributed by atoms with van der Waals surface area (Å²) in [5, 5.41) is 3.16. The summed E-state index contributed by atoms with van der Waals surface area (Å²) in [7, 11) is 0. The summed E-state index contributed by atoms with van der Waals surface area (Å²) in [5.41, 5.74) is 5.50. The van der Waals surface area contributed by atoms with Gasteiger partial charge in [0, 0.05) is 26.2 Å². The second-order valence-electron chi connectivity index (χ2n) is 5.05. The van der Waals surface area contributed by atoms with E-state index < -0.39 is 11.7 Å². The second kappa shape index (κ2) is 6.44. The summed E-state index contributed by atoms with van der Waals surface area (Å²) < 4.78 is 37.4. The van der Waals surface area contributed by atoms with Crippen molar-refractivity contribution in [2.24, 2.45) is 5.73 Å². The number of hydrogen-bond acceptors (Lipinski definition) is 3. The van der Waals surface area contributed by atoms with Gasteiger partial charge in [0.15, 0.2) is 0 Å². The first-order valence-corrected chi connectivity index (χ1v) is 6.78. The van der Waals surface area contributed by atoms with Crippen LogP contribution in [0.25, 0.3) is 0 Å². The summed E-state index contributed by atoms with van der Waals surface area (Å²) in [6, 6.07) is 4.64. The number of nitrogens with zero attached hydrogens (tertiary/aromatic N) is 1. The van der Waals surface area contributed by atoms with E-state index in [0.29, 0.717) is 31.7 Å². The molecule has 1 atom stereocenters. The molecule has 1 unspecified atom stereocenters. The number of carbonyl (C=O) groups excluding carboxylic acids is 1. The maximum Gasteiger partial charge on any atom is 0.416 e. The minimum Gasteiger partial charge on any atom is -0.336 e. The van der Waals surface area contributed by atoms with E-state index in [1.54, 1.807) is 4.90 Å². The Labute approximate surface area is 121 Å². The molecule has 3 N–H and O–H groups in total. The molecule has 0 aromatic heterocycles. The molecule has 0 saturated carbocycles. The number of alkyl halides is 3. The lowest BCUT2D eigenvalue weighted by atomic mass is 10.1. The molecule has 0 radical (unpaired) electrons. The largest absolute Gasteiger partial charge is 0.416 e. The standard InChI is InChI=1S/C14H18F3N3O/c15-14(16,17)11-3-1-10(2-4-11)7-13(21)20-6-5-19-9-12(20)8-18/h1-4,12,19H,5-9,18H2. The zero-order chi connectivity index (χ0) is 15.5. The third-order valence-corrected chi connectivity index (χ3v) is 3.58. The van der Waals surface area contributed by atoms with E-state index in [-0.39, 0.29) is 18.4 Å². The normalized spacial score (nSPS) is 19.6. The fourth-order valence-corrected chi connectivity index (χ4v) is 2.39. The molecule has 0 aliphatic carbocycles. The Morgan fingerprint density at radius 1 is 1.33 bits per heavy atom. The zero-order valence-corrected chi connectivity index (χ0v) is 11.5. The summed E-state index contributed by atoms with van der Waals surface area (Å²) in [6.45, 7) is 2.29. The summed E-state index contributed by atoms with van der Waals surface area (Å²) in [5.74, 6) is -0.105. The lowest BCUT2D eigenvalue weighted by Gasteiger charge is -2.35. The van der Waals surface area contributed by atoms with Gasteiger partial charge in [-0.1, -0.05) is 12.1 Å². The Morgan fingerprint density at radius 2 is 2.00 bits per heavy atom. The second-order valence-corrected chi connectivity index (χ2v) is 5.05. The highest BCUT2D eigenvalue weighted by Crippen LogP contribution is 2.29. The van der Waals surface area contributed by atoms with Crippen LogP contribution in [0.5, 0.6) is 0 Å². The molecule has 2 rings (SSSR count). The average Bonchev–Trinajstić information content (AvgIpc) is 2.46. The number of piperazine rings is 1. The van der Waals surface area contributed by atoms with Crippen LogP contribution in [0.3, 0.4) is 0 Å². The van der Waals surface area contributed by atoms with Crippen molar-refractivity contribution in [1.82, 2.24) is 10.2 Å². The molecular weight excluding hydrogens is 283 g/mol. The van der Waals surface area contributed by atoms with Crippen molar-refractivity contribution in [2.75, 3.05) is 26.2 Å². The fourth-order valence-electron chi connectivity index (χ4n) is 2.39. The Hall–Kier alpha value is -1.60. The fraction of sp³-hybridized carbons (Fsp3) is 0.500. The van der Waals surface area contributed by atoms with E-state index in [1.165, 1.54) is 12.1 Å². The van der Waals surface area contributed by atoms with Crippen molar-refractivity contribution in [3.8, 4) is 0 Å². The average molecular weight is 301 g/mol. The van der Waals surface area contributed by atoms with Gasteiger partial charge in [-0.25, -0.2) is 0 Å². The van der Waals surface area contributed by atoms with Gasteiger partial charge in [0.2, 0.25) is 5.91 Å². The van der Waals surface area contributed by atoms with Gasteiger partial charge in [-0.15, -0.1) is 0 Å². The van der Waals surface area contributed by atoms with E-state index >= 15 is 0 Å². The van der Waals surface area contributed by atoms with Gasteiger partial charge in [-0.2, -0.15) is 13.2 Å². The van der Waals surface area contributed by atoms with E-state index in [9.17, 15) is 18.0 Å². The molecule has 1 amide bonds. The maximum absolute atomic E-state index is 12.5. The molecule has 1 saturated heterocycles. The molecule has 0 spiro atoms. The molecule has 1 heterocycles. The lowest BCUT2D eigenvalue weighted by molar-refractivity contribution is -0.137. The highest BCUT2D eigenvalue weighted by molar-refractivity contribution is 5.79. The van der Waals surface area contributed by atoms with Crippen molar-refractivity contribution in [1.29, 1.82) is 0 Å². The summed E-state index contributed by atoms with van der Waals surface area (Å²) in [4.78, 5) is 13.9. The first-order valence-electron chi connectivity index (χ1n) is 6.78. The van der Waals surface area contributed by atoms with Gasteiger partial charge in [-0.3, -0.25) is 4.79 Å². The number of nitrogens with one attached hydrogen (secondary N) is 1. The van der Waals surface area contributed by atoms with Gasteiger partial charge in [0.25, 0.3) is 0 Å². The van der Waals surface area contributed by atoms with Crippen molar-refractivity contribution < 1.29 is 18.0 Å². The molecule has 21 heavy (non-hydrogen) atoms. The first-order chi connectivity index (χ1) is 9.91. The number of halogens is 3. The summed E-state index contributed by atoms with van der Waals surface area (Å²) in [6.07, 6.45) is -4.26. The number of benzene rings is 1. The first kappa shape index (κ1) is 15.8. The molecular formula is C14H18F3N3O. The molecule has 0 bridgehead atoms. The van der Waals surface area contributed by atoms with E-state index in [0.717, 1.165) is 12.1 Å². The van der Waals surface area contributed by atoms with Gasteiger partial charge in [0.1, 0.15) is 0 Å². The monoisotopic (exact) mass is 301 g/mol. The van der Waals surface area contributed by atoms with Crippen LogP contribution in [-0.4, -0.2) is 43.0 Å². The quantitative estimate of drug-likeness (QED) is 0.876. The topological polar surface area (TPSA) is 58.4 Å². The molecule has 1 aliphatic heterocycles. The SMILES string of the molecule is NCC1CNCCN1C(=O)Cc1ccc(C(F)(F)F)cc1. The third kappa shape index (κ3) is 3.95. The third-order valence-electron chi connectivity index (χ3n) is 3.58. The smallest absolute Gasteiger partial charge is 0.336 e. The lowest BCUT2D eigenvalue weighted by Crippen LogP contribution is -2.56. The van der Waals surface area contributed by atoms with Gasteiger partial charge >= 0.3 is 6.18 Å². The minimum atomic E-state index is -4.36. The van der Waals surface area contributed by atoms with Gasteiger partial charge in [-0.05, 0) is 17.7 Å². The van der Waals surface area contributed by atoms with Crippen molar-refractivity contribution in [3.63, 3.8) is 0 Å². The Kier molecular flexibility index (Phi) is 4.84. The van der Waals surface area contributed by atoms with Crippen LogP contribution >= 0.6 is 0 Å². The zero-order valence-electron chi connectivity index (χ0n) is 11.5. The van der Waals surface area contributed by atoms with E-state index in [1.807, 2.05) is 0 Å². The molecule has 7 heteroatoms. The summed E-state index contributed by atoms with van der Waals surface area (Å²) >= 11 is 0. The molecule has 1 aliphatic rings. The van der Waals surface area contributed by atoms with Crippen LogP contribution in [0.1, 0.15) is 11.1 Å². The van der Waals surface area contributed by atoms with Gasteiger partial charge in [0.05, 0.1) is 18.0 Å². The molecule has 116 valence electrons. The molecule has 4 nitrogen and oxygen atoms in total. The highest BCUT2D eigenvalue weighted by atomic mass is 19.4. The van der Waals surface area contributed by atoms with Gasteiger partial charge < -0.3 is 16.0 Å². The maximum atomic E-state index is 12.5. The predicted octanol–water partition coefficient (Wildman–Crippen LogP) is 1.01. The van der Waals surface area contributed by atoms with Crippen LogP contribution < -0.4 is 11.1 Å². The van der Waals surface area contributed by atoms with Crippen molar-refractivity contribution >= 4 is 5.91 Å². The van der Waals surface area contributed by atoms with E-state index in [2.05, 4.69) is 5.32 Å². The molecule has 1 aromatic rings. The minimum absolute atomic E-state index is 0.0549. The Bertz CT molecular complexity index is 487. The number of rotatable bonds is 3. The Balaban J connectivity index is 2.02.